The zero-order chi connectivity index (χ0) is 22.1. The number of thioether (sulfide) groups is 1. The molecule has 6 nitrogen and oxygen atoms in total. The molecule has 0 saturated carbocycles. The molecule has 0 aliphatic carbocycles. The fraction of sp³-hybridized carbons (Fsp3) is 0.333. The molecule has 1 unspecified atom stereocenters. The molecule has 0 radical (unpaired) electrons. The van der Waals surface area contributed by atoms with Crippen LogP contribution < -0.4 is 14.4 Å². The topological polar surface area (TPSA) is 65.8 Å². The number of rotatable bonds is 4. The predicted molar refractivity (Wildman–Crippen MR) is 122 cm³/mol. The van der Waals surface area contributed by atoms with Crippen molar-refractivity contribution in [2.24, 2.45) is 0 Å². The first-order chi connectivity index (χ1) is 15.0. The van der Waals surface area contributed by atoms with Crippen molar-refractivity contribution in [3.8, 4) is 17.6 Å². The van der Waals surface area contributed by atoms with E-state index in [2.05, 4.69) is 43.0 Å². The lowest BCUT2D eigenvalue weighted by Crippen LogP contribution is -2.47. The lowest BCUT2D eigenvalue weighted by Gasteiger charge is -2.42. The van der Waals surface area contributed by atoms with E-state index >= 15 is 0 Å². The van der Waals surface area contributed by atoms with Gasteiger partial charge in [-0.15, -0.1) is 0 Å². The lowest BCUT2D eigenvalue weighted by molar-refractivity contribution is -0.129. The second kappa shape index (κ2) is 8.56. The monoisotopic (exact) mass is 435 g/mol. The molecule has 4 rings (SSSR count). The van der Waals surface area contributed by atoms with Gasteiger partial charge in [0.2, 0.25) is 5.91 Å². The number of nitrogens with zero attached hydrogens (tertiary/aromatic N) is 3. The van der Waals surface area contributed by atoms with Gasteiger partial charge in [0.25, 0.3) is 0 Å². The Labute approximate surface area is 187 Å². The highest BCUT2D eigenvalue weighted by molar-refractivity contribution is 8.03. The maximum Gasteiger partial charge on any atom is 0.229 e. The first-order valence-corrected chi connectivity index (χ1v) is 11.1. The number of nitriles is 1. The molecule has 1 amide bonds. The van der Waals surface area contributed by atoms with Gasteiger partial charge in [0.1, 0.15) is 11.5 Å². The Bertz CT molecular complexity index is 1110. The summed E-state index contributed by atoms with van der Waals surface area (Å²) < 4.78 is 10.8. The van der Waals surface area contributed by atoms with Gasteiger partial charge in [-0.05, 0) is 43.2 Å². The third kappa shape index (κ3) is 3.84. The largest absolute Gasteiger partial charge is 0.497 e. The molecule has 31 heavy (non-hydrogen) atoms. The number of carbonyl (C=O) groups excluding carboxylic acids is 1. The summed E-state index contributed by atoms with van der Waals surface area (Å²) in [5.74, 6) is 1.66. The van der Waals surface area contributed by atoms with Crippen molar-refractivity contribution in [2.75, 3.05) is 31.7 Å². The van der Waals surface area contributed by atoms with Crippen LogP contribution in [0.4, 0.5) is 5.69 Å². The number of anilines is 1. The molecular formula is C24H25N3O3S. The molecule has 2 aliphatic rings. The SMILES string of the molecule is COc1ccc(C2CC(=O)N3CN(c4ccc(C)c(C)c4)CSC3=C2C#N)c(OC)c1. The molecule has 0 N–H and O–H groups in total. The van der Waals surface area contributed by atoms with E-state index in [0.717, 1.165) is 16.3 Å². The smallest absolute Gasteiger partial charge is 0.229 e. The van der Waals surface area contributed by atoms with Gasteiger partial charge in [-0.3, -0.25) is 9.69 Å². The fourth-order valence-corrected chi connectivity index (χ4v) is 5.19. The number of allylic oxidation sites excluding steroid dienone is 1. The van der Waals surface area contributed by atoms with E-state index in [1.54, 1.807) is 25.2 Å². The first-order valence-electron chi connectivity index (χ1n) is 10.1. The van der Waals surface area contributed by atoms with Gasteiger partial charge in [-0.2, -0.15) is 5.26 Å². The maximum atomic E-state index is 13.2. The van der Waals surface area contributed by atoms with Crippen LogP contribution in [-0.2, 0) is 4.79 Å². The summed E-state index contributed by atoms with van der Waals surface area (Å²) in [5, 5.41) is 10.8. The normalized spacial score (nSPS) is 18.5. The highest BCUT2D eigenvalue weighted by atomic mass is 32.2. The summed E-state index contributed by atoms with van der Waals surface area (Å²) >= 11 is 1.54. The van der Waals surface area contributed by atoms with E-state index in [1.165, 1.54) is 22.9 Å². The molecule has 7 heteroatoms. The number of aryl methyl sites for hydroxylation is 2. The highest BCUT2D eigenvalue weighted by Gasteiger charge is 2.39. The van der Waals surface area contributed by atoms with Crippen LogP contribution in [0.3, 0.4) is 0 Å². The van der Waals surface area contributed by atoms with Crippen LogP contribution in [-0.4, -0.2) is 37.6 Å². The average Bonchev–Trinajstić information content (AvgIpc) is 2.80. The molecule has 1 fully saturated rings. The molecular weight excluding hydrogens is 410 g/mol. The van der Waals surface area contributed by atoms with E-state index in [1.807, 2.05) is 12.1 Å². The minimum atomic E-state index is -0.328. The van der Waals surface area contributed by atoms with E-state index in [0.29, 0.717) is 29.6 Å². The molecule has 2 aromatic carbocycles. The fourth-order valence-electron chi connectivity index (χ4n) is 4.02. The van der Waals surface area contributed by atoms with Gasteiger partial charge in [-0.1, -0.05) is 23.9 Å². The van der Waals surface area contributed by atoms with Crippen LogP contribution in [0.15, 0.2) is 47.0 Å². The highest BCUT2D eigenvalue weighted by Crippen LogP contribution is 2.45. The molecule has 2 heterocycles. The van der Waals surface area contributed by atoms with E-state index in [9.17, 15) is 10.1 Å². The Morgan fingerprint density at radius 1 is 1.10 bits per heavy atom. The van der Waals surface area contributed by atoms with Crippen molar-refractivity contribution in [1.82, 2.24) is 4.90 Å². The van der Waals surface area contributed by atoms with Crippen molar-refractivity contribution < 1.29 is 14.3 Å². The number of hydrogen-bond donors (Lipinski definition) is 0. The lowest BCUT2D eigenvalue weighted by atomic mass is 9.86. The molecule has 0 bridgehead atoms. The molecule has 2 aromatic rings. The molecule has 1 saturated heterocycles. The van der Waals surface area contributed by atoms with Crippen LogP contribution in [0.1, 0.15) is 29.0 Å². The Morgan fingerprint density at radius 2 is 1.90 bits per heavy atom. The van der Waals surface area contributed by atoms with Crippen LogP contribution in [0.5, 0.6) is 11.5 Å². The summed E-state index contributed by atoms with van der Waals surface area (Å²) in [4.78, 5) is 17.1. The van der Waals surface area contributed by atoms with Gasteiger partial charge < -0.3 is 14.4 Å². The van der Waals surface area contributed by atoms with Crippen LogP contribution >= 0.6 is 11.8 Å². The quantitative estimate of drug-likeness (QED) is 0.703. The number of fused-ring (bicyclic) bond motifs is 1. The van der Waals surface area contributed by atoms with E-state index in [-0.39, 0.29) is 18.2 Å². The van der Waals surface area contributed by atoms with Crippen molar-refractivity contribution in [3.63, 3.8) is 0 Å². The van der Waals surface area contributed by atoms with Gasteiger partial charge in [-0.25, -0.2) is 0 Å². The number of carbonyl (C=O) groups is 1. The van der Waals surface area contributed by atoms with Gasteiger partial charge >= 0.3 is 0 Å². The number of hydrogen-bond acceptors (Lipinski definition) is 6. The van der Waals surface area contributed by atoms with Crippen LogP contribution in [0.2, 0.25) is 0 Å². The van der Waals surface area contributed by atoms with Crippen LogP contribution in [0.25, 0.3) is 0 Å². The summed E-state index contributed by atoms with van der Waals surface area (Å²) in [6.45, 7) is 4.63. The number of ether oxygens (including phenoxy) is 2. The van der Waals surface area contributed by atoms with Gasteiger partial charge in [0.15, 0.2) is 0 Å². The number of benzene rings is 2. The zero-order valence-electron chi connectivity index (χ0n) is 18.1. The second-order valence-electron chi connectivity index (χ2n) is 7.74. The standard InChI is InChI=1S/C24H25N3O3S/c1-15-5-6-17(9-16(15)2)26-13-27-23(28)11-20(21(12-25)24(27)31-14-26)19-8-7-18(29-3)10-22(19)30-4/h5-10,20H,11,13-14H2,1-4H3. The maximum absolute atomic E-state index is 13.2. The molecule has 1 atom stereocenters. The average molecular weight is 436 g/mol. The Kier molecular flexibility index (Phi) is 5.84. The van der Waals surface area contributed by atoms with Gasteiger partial charge in [0, 0.05) is 29.7 Å². The molecule has 2 aliphatic heterocycles. The van der Waals surface area contributed by atoms with Crippen molar-refractivity contribution >= 4 is 23.4 Å². The third-order valence-electron chi connectivity index (χ3n) is 5.97. The summed E-state index contributed by atoms with van der Waals surface area (Å²) in [6.07, 6.45) is 0.233. The van der Waals surface area contributed by atoms with Crippen molar-refractivity contribution in [3.05, 3.63) is 63.7 Å². The minimum Gasteiger partial charge on any atom is -0.497 e. The second-order valence-corrected chi connectivity index (χ2v) is 8.67. The van der Waals surface area contributed by atoms with E-state index < -0.39 is 0 Å². The Hall–Kier alpha value is -3.11. The van der Waals surface area contributed by atoms with Gasteiger partial charge in [0.05, 0.1) is 43.4 Å². The molecule has 0 spiro atoms. The Balaban J connectivity index is 1.68. The minimum absolute atomic E-state index is 0.0119. The summed E-state index contributed by atoms with van der Waals surface area (Å²) in [6, 6.07) is 14.2. The first kappa shape index (κ1) is 21.1. The van der Waals surface area contributed by atoms with Crippen molar-refractivity contribution in [1.29, 1.82) is 5.26 Å². The number of amides is 1. The third-order valence-corrected chi connectivity index (χ3v) is 7.12. The van der Waals surface area contributed by atoms with Crippen molar-refractivity contribution in [2.45, 2.75) is 26.2 Å². The summed E-state index contributed by atoms with van der Waals surface area (Å²) in [7, 11) is 3.18. The Morgan fingerprint density at radius 3 is 2.58 bits per heavy atom. The zero-order valence-corrected chi connectivity index (χ0v) is 19.0. The molecule has 160 valence electrons. The predicted octanol–water partition coefficient (Wildman–Crippen LogP) is 4.54. The van der Waals surface area contributed by atoms with E-state index in [4.69, 9.17) is 9.47 Å². The number of methoxy groups -OCH3 is 2. The molecule has 0 aromatic heterocycles. The van der Waals surface area contributed by atoms with Crippen LogP contribution in [0, 0.1) is 25.2 Å². The summed E-state index contributed by atoms with van der Waals surface area (Å²) in [5.41, 5.74) is 4.99.